The summed E-state index contributed by atoms with van der Waals surface area (Å²) in [5.41, 5.74) is 2.52. The van der Waals surface area contributed by atoms with Crippen molar-refractivity contribution < 1.29 is 24.1 Å². The van der Waals surface area contributed by atoms with Crippen molar-refractivity contribution in [2.75, 3.05) is 20.3 Å². The number of aliphatic hydroxyl groups is 1. The van der Waals surface area contributed by atoms with E-state index in [1.807, 2.05) is 31.1 Å². The molecule has 31 heavy (non-hydrogen) atoms. The summed E-state index contributed by atoms with van der Waals surface area (Å²) in [6, 6.07) is 12.1. The first-order valence-electron chi connectivity index (χ1n) is 10.5. The van der Waals surface area contributed by atoms with Crippen LogP contribution in [0.1, 0.15) is 51.7 Å². The summed E-state index contributed by atoms with van der Waals surface area (Å²) in [6.07, 6.45) is 3.09. The second kappa shape index (κ2) is 13.2. The smallest absolute Gasteiger partial charge is 0.137 e. The van der Waals surface area contributed by atoms with Crippen molar-refractivity contribution in [3.05, 3.63) is 52.5 Å². The van der Waals surface area contributed by atoms with Gasteiger partial charge in [-0.15, -0.1) is 0 Å². The Balaban J connectivity index is 0.00000113. The highest BCUT2D eigenvalue weighted by Gasteiger charge is 2.21. The van der Waals surface area contributed by atoms with Crippen LogP contribution in [-0.2, 0) is 16.6 Å². The lowest BCUT2D eigenvalue weighted by Gasteiger charge is -2.20. The number of carbonyl (C=O) groups is 1. The Kier molecular flexibility index (Phi) is 11.4. The normalized spacial score (nSPS) is 14.2. The van der Waals surface area contributed by atoms with Gasteiger partial charge in [-0.2, -0.15) is 0 Å². The van der Waals surface area contributed by atoms with E-state index in [2.05, 4.69) is 39.8 Å². The topological polar surface area (TPSA) is 65.0 Å². The third-order valence-corrected chi connectivity index (χ3v) is 5.14. The molecule has 0 aromatic heterocycles. The van der Waals surface area contributed by atoms with Crippen LogP contribution in [0, 0.1) is 0 Å². The van der Waals surface area contributed by atoms with E-state index in [4.69, 9.17) is 35.7 Å². The van der Waals surface area contributed by atoms with Gasteiger partial charge in [0.25, 0.3) is 0 Å². The highest BCUT2D eigenvalue weighted by molar-refractivity contribution is 6.32. The molecule has 0 amide bonds. The van der Waals surface area contributed by atoms with E-state index in [0.717, 1.165) is 43.6 Å². The average Bonchev–Trinajstić information content (AvgIpc) is 3.19. The number of hydrogen-bond acceptors (Lipinski definition) is 5. The molecule has 0 bridgehead atoms. The van der Waals surface area contributed by atoms with E-state index in [1.165, 1.54) is 11.1 Å². The summed E-state index contributed by atoms with van der Waals surface area (Å²) in [6.45, 7) is 11.8. The lowest BCUT2D eigenvalue weighted by Crippen LogP contribution is -2.11. The Hall–Kier alpha value is -2.24. The van der Waals surface area contributed by atoms with Crippen LogP contribution in [0.4, 0.5) is 0 Å². The monoisotopic (exact) mass is 450 g/mol. The molecule has 5 nitrogen and oxygen atoms in total. The largest absolute Gasteiger partial charge is 0.493 e. The second-order valence-corrected chi connectivity index (χ2v) is 8.47. The maximum atomic E-state index is 8.00. The first-order chi connectivity index (χ1) is 14.9. The molecule has 1 heterocycles. The van der Waals surface area contributed by atoms with E-state index < -0.39 is 0 Å². The van der Waals surface area contributed by atoms with Gasteiger partial charge in [-0.25, -0.2) is 0 Å². The van der Waals surface area contributed by atoms with E-state index in [1.54, 1.807) is 0 Å². The number of aliphatic hydroxyl groups excluding tert-OH is 1. The standard InChI is InChI=1S/C23H29ClO3.CH4O.CH2O/c1-5-18-13-16-14-19(8-10-21(16)27-18)25-11-6-12-26-22-9-7-17(15-20(22)24)23(2,3)4;2*1-2/h7-10,14-15,18H,5-6,11-13H2,1-4H3;2H,1H3;1H2. The maximum absolute atomic E-state index is 8.00. The molecule has 1 N–H and O–H groups in total. The van der Waals surface area contributed by atoms with Gasteiger partial charge in [0, 0.05) is 25.5 Å². The van der Waals surface area contributed by atoms with E-state index in [-0.39, 0.29) is 5.41 Å². The van der Waals surface area contributed by atoms with Crippen molar-refractivity contribution in [2.45, 2.75) is 58.5 Å². The van der Waals surface area contributed by atoms with Crippen molar-refractivity contribution in [1.29, 1.82) is 0 Å². The highest BCUT2D eigenvalue weighted by Crippen LogP contribution is 2.33. The zero-order chi connectivity index (χ0) is 23.4. The third-order valence-electron chi connectivity index (χ3n) is 4.84. The third kappa shape index (κ3) is 8.08. The van der Waals surface area contributed by atoms with Crippen LogP contribution in [0.25, 0.3) is 0 Å². The quantitative estimate of drug-likeness (QED) is 0.554. The Morgan fingerprint density at radius 1 is 1.10 bits per heavy atom. The van der Waals surface area contributed by atoms with Gasteiger partial charge in [0.15, 0.2) is 0 Å². The molecule has 1 atom stereocenters. The second-order valence-electron chi connectivity index (χ2n) is 8.07. The fraction of sp³-hybridized carbons (Fsp3) is 0.480. The zero-order valence-corrected chi connectivity index (χ0v) is 20.0. The maximum Gasteiger partial charge on any atom is 0.137 e. The van der Waals surface area contributed by atoms with Gasteiger partial charge >= 0.3 is 0 Å². The Morgan fingerprint density at radius 3 is 2.39 bits per heavy atom. The van der Waals surface area contributed by atoms with Crippen LogP contribution in [0.5, 0.6) is 17.2 Å². The number of hydrogen-bond donors (Lipinski definition) is 1. The predicted octanol–water partition coefficient (Wildman–Crippen LogP) is 5.62. The lowest BCUT2D eigenvalue weighted by molar-refractivity contribution is -0.0980. The molecule has 2 aromatic carbocycles. The molecule has 0 spiro atoms. The van der Waals surface area contributed by atoms with Gasteiger partial charge < -0.3 is 24.1 Å². The van der Waals surface area contributed by atoms with Crippen molar-refractivity contribution in [1.82, 2.24) is 0 Å². The first kappa shape index (κ1) is 26.8. The van der Waals surface area contributed by atoms with Gasteiger partial charge in [0.1, 0.15) is 30.1 Å². The summed E-state index contributed by atoms with van der Waals surface area (Å²) < 4.78 is 17.5. The van der Waals surface area contributed by atoms with Crippen LogP contribution >= 0.6 is 11.6 Å². The molecule has 1 unspecified atom stereocenters. The lowest BCUT2D eigenvalue weighted by atomic mass is 9.87. The predicted molar refractivity (Wildman–Crippen MR) is 126 cm³/mol. The summed E-state index contributed by atoms with van der Waals surface area (Å²) in [5, 5.41) is 7.66. The van der Waals surface area contributed by atoms with Crippen molar-refractivity contribution in [3.8, 4) is 17.2 Å². The summed E-state index contributed by atoms with van der Waals surface area (Å²) >= 11 is 6.35. The molecule has 6 heteroatoms. The minimum Gasteiger partial charge on any atom is -0.493 e. The zero-order valence-electron chi connectivity index (χ0n) is 19.2. The number of halogens is 1. The van der Waals surface area contributed by atoms with E-state index in [9.17, 15) is 0 Å². The molecule has 0 saturated carbocycles. The molecule has 0 aliphatic carbocycles. The van der Waals surface area contributed by atoms with Gasteiger partial charge in [0.05, 0.1) is 18.2 Å². The SMILES string of the molecule is C=O.CCC1Cc2cc(OCCCOc3ccc(C(C)(C)C)cc3Cl)ccc2O1.CO. The minimum absolute atomic E-state index is 0.0774. The van der Waals surface area contributed by atoms with Crippen molar-refractivity contribution >= 4 is 18.4 Å². The number of benzene rings is 2. The Bertz CT molecular complexity index is 801. The number of ether oxygens (including phenoxy) is 3. The average molecular weight is 451 g/mol. The fourth-order valence-corrected chi connectivity index (χ4v) is 3.36. The fourth-order valence-electron chi connectivity index (χ4n) is 3.13. The molecule has 0 saturated heterocycles. The molecule has 0 fully saturated rings. The van der Waals surface area contributed by atoms with Gasteiger partial charge in [-0.05, 0) is 47.7 Å². The Morgan fingerprint density at radius 2 is 1.77 bits per heavy atom. The molecule has 0 radical (unpaired) electrons. The minimum atomic E-state index is 0.0774. The van der Waals surface area contributed by atoms with Crippen LogP contribution in [0.2, 0.25) is 5.02 Å². The van der Waals surface area contributed by atoms with E-state index >= 15 is 0 Å². The highest BCUT2D eigenvalue weighted by atomic mass is 35.5. The van der Waals surface area contributed by atoms with Crippen LogP contribution in [-0.4, -0.2) is 38.3 Å². The molecule has 172 valence electrons. The molecule has 1 aliphatic rings. The van der Waals surface area contributed by atoms with Crippen molar-refractivity contribution in [3.63, 3.8) is 0 Å². The van der Waals surface area contributed by atoms with E-state index in [0.29, 0.717) is 24.3 Å². The van der Waals surface area contributed by atoms with Gasteiger partial charge in [-0.1, -0.05) is 45.4 Å². The van der Waals surface area contributed by atoms with Crippen LogP contribution < -0.4 is 14.2 Å². The van der Waals surface area contributed by atoms with Crippen LogP contribution in [0.15, 0.2) is 36.4 Å². The summed E-state index contributed by atoms with van der Waals surface area (Å²) in [7, 11) is 1.00. The van der Waals surface area contributed by atoms with Gasteiger partial charge in [0.2, 0.25) is 0 Å². The molecule has 3 rings (SSSR count). The molecular formula is C25H35ClO5. The Labute approximate surface area is 191 Å². The molecule has 1 aliphatic heterocycles. The van der Waals surface area contributed by atoms with Crippen LogP contribution in [0.3, 0.4) is 0 Å². The molecular weight excluding hydrogens is 416 g/mol. The van der Waals surface area contributed by atoms with Gasteiger partial charge in [-0.3, -0.25) is 0 Å². The molecule has 2 aromatic rings. The number of carbonyl (C=O) groups excluding carboxylic acids is 1. The number of rotatable bonds is 7. The number of fused-ring (bicyclic) bond motifs is 1. The summed E-state index contributed by atoms with van der Waals surface area (Å²) in [4.78, 5) is 8.00. The first-order valence-corrected chi connectivity index (χ1v) is 10.8. The summed E-state index contributed by atoms with van der Waals surface area (Å²) in [5.74, 6) is 2.61. The van der Waals surface area contributed by atoms with Crippen molar-refractivity contribution in [2.24, 2.45) is 0 Å².